The summed E-state index contributed by atoms with van der Waals surface area (Å²) in [6.45, 7) is 0.587. The minimum absolute atomic E-state index is 0.0983. The van der Waals surface area contributed by atoms with E-state index >= 15 is 0 Å². The van der Waals surface area contributed by atoms with Gasteiger partial charge in [-0.25, -0.2) is 0 Å². The van der Waals surface area contributed by atoms with E-state index < -0.39 is 0 Å². The van der Waals surface area contributed by atoms with Crippen LogP contribution in [0, 0.1) is 10.1 Å². The normalized spacial score (nSPS) is 18.3. The third-order valence-electron chi connectivity index (χ3n) is 3.33. The third kappa shape index (κ3) is 3.54. The number of nitrogens with zero attached hydrogens (tertiary/aromatic N) is 1. The summed E-state index contributed by atoms with van der Waals surface area (Å²) in [5.41, 5.74) is 0.924. The molecule has 1 aliphatic carbocycles. The van der Waals surface area contributed by atoms with Crippen LogP contribution in [0.4, 0.5) is 5.69 Å². The molecular weight excluding hydrogens is 244 g/mol. The molecule has 0 heterocycles. The van der Waals surface area contributed by atoms with E-state index in [1.165, 1.54) is 6.07 Å². The molecule has 5 heteroatoms. The topological polar surface area (TPSA) is 64.4 Å². The first-order valence-corrected chi connectivity index (χ1v) is 6.40. The van der Waals surface area contributed by atoms with E-state index in [9.17, 15) is 10.1 Å². The van der Waals surface area contributed by atoms with E-state index in [0.29, 0.717) is 18.3 Å². The highest BCUT2D eigenvalue weighted by Crippen LogP contribution is 2.24. The maximum absolute atomic E-state index is 10.8. The highest BCUT2D eigenvalue weighted by molar-refractivity contribution is 5.43. The molecule has 1 atom stereocenters. The second kappa shape index (κ2) is 6.33. The predicted octanol–water partition coefficient (Wildman–Crippen LogP) is 2.80. The van der Waals surface area contributed by atoms with E-state index in [4.69, 9.17) is 4.74 Å². The van der Waals surface area contributed by atoms with Crippen LogP contribution >= 0.6 is 0 Å². The molecule has 0 spiro atoms. The van der Waals surface area contributed by atoms with E-state index in [-0.39, 0.29) is 10.6 Å². The Morgan fingerprint density at radius 3 is 2.95 bits per heavy atom. The van der Waals surface area contributed by atoms with Crippen molar-refractivity contribution in [3.63, 3.8) is 0 Å². The van der Waals surface area contributed by atoms with Crippen molar-refractivity contribution >= 4 is 5.69 Å². The Morgan fingerprint density at radius 1 is 1.47 bits per heavy atom. The second-order valence-corrected chi connectivity index (χ2v) is 4.62. The van der Waals surface area contributed by atoms with E-state index in [2.05, 4.69) is 17.5 Å². The predicted molar refractivity (Wildman–Crippen MR) is 73.3 cm³/mol. The van der Waals surface area contributed by atoms with Gasteiger partial charge in [0.2, 0.25) is 0 Å². The fraction of sp³-hybridized carbons (Fsp3) is 0.429. The van der Waals surface area contributed by atoms with Crippen LogP contribution in [-0.4, -0.2) is 18.1 Å². The van der Waals surface area contributed by atoms with E-state index in [1.54, 1.807) is 19.2 Å². The van der Waals surface area contributed by atoms with Gasteiger partial charge in [0.05, 0.1) is 12.0 Å². The maximum Gasteiger partial charge on any atom is 0.270 e. The average Bonchev–Trinajstić information content (AvgIpc) is 2.45. The molecular formula is C14H18N2O3. The number of rotatable bonds is 5. The summed E-state index contributed by atoms with van der Waals surface area (Å²) in [4.78, 5) is 10.4. The number of hydrogen-bond acceptors (Lipinski definition) is 4. The molecule has 0 radical (unpaired) electrons. The van der Waals surface area contributed by atoms with Gasteiger partial charge in [0.15, 0.2) is 0 Å². The van der Waals surface area contributed by atoms with Crippen molar-refractivity contribution in [2.24, 2.45) is 0 Å². The molecule has 1 aliphatic rings. The van der Waals surface area contributed by atoms with Crippen molar-refractivity contribution in [3.05, 3.63) is 46.0 Å². The SMILES string of the molecule is COc1ccc([N+](=O)[O-])cc1CNC1CC=CCC1. The van der Waals surface area contributed by atoms with Crippen molar-refractivity contribution in [2.45, 2.75) is 31.8 Å². The molecule has 0 saturated carbocycles. The first-order chi connectivity index (χ1) is 9.20. The maximum atomic E-state index is 10.8. The molecule has 5 nitrogen and oxygen atoms in total. The lowest BCUT2D eigenvalue weighted by Crippen LogP contribution is -2.29. The Morgan fingerprint density at radius 2 is 2.32 bits per heavy atom. The zero-order valence-electron chi connectivity index (χ0n) is 11.0. The Labute approximate surface area is 112 Å². The summed E-state index contributed by atoms with van der Waals surface area (Å²) in [6, 6.07) is 5.13. The van der Waals surface area contributed by atoms with Gasteiger partial charge >= 0.3 is 0 Å². The Bertz CT molecular complexity index is 486. The van der Waals surface area contributed by atoms with Gasteiger partial charge < -0.3 is 10.1 Å². The quantitative estimate of drug-likeness (QED) is 0.503. The molecule has 0 bridgehead atoms. The van der Waals surface area contributed by atoms with Crippen LogP contribution in [0.3, 0.4) is 0 Å². The standard InChI is InChI=1S/C14H18N2O3/c1-19-14-8-7-13(16(17)18)9-11(14)10-15-12-5-3-2-4-6-12/h2-3,7-9,12,15H,4-6,10H2,1H3. The summed E-state index contributed by atoms with van der Waals surface area (Å²) >= 11 is 0. The first kappa shape index (κ1) is 13.5. The monoisotopic (exact) mass is 262 g/mol. The van der Waals surface area contributed by atoms with Gasteiger partial charge in [-0.2, -0.15) is 0 Å². The van der Waals surface area contributed by atoms with Crippen molar-refractivity contribution in [3.8, 4) is 5.75 Å². The lowest BCUT2D eigenvalue weighted by molar-refractivity contribution is -0.384. The van der Waals surface area contributed by atoms with Gasteiger partial charge in [0.1, 0.15) is 5.75 Å². The van der Waals surface area contributed by atoms with Crippen LogP contribution in [0.25, 0.3) is 0 Å². The Balaban J connectivity index is 2.06. The van der Waals surface area contributed by atoms with Crippen molar-refractivity contribution in [1.29, 1.82) is 0 Å². The fourth-order valence-electron chi connectivity index (χ4n) is 2.25. The van der Waals surface area contributed by atoms with Crippen LogP contribution in [0.1, 0.15) is 24.8 Å². The number of nitro groups is 1. The number of non-ortho nitro benzene ring substituents is 1. The summed E-state index contributed by atoms with van der Waals surface area (Å²) in [6.07, 6.45) is 7.56. The third-order valence-corrected chi connectivity index (χ3v) is 3.33. The lowest BCUT2D eigenvalue weighted by atomic mass is 10.0. The van der Waals surface area contributed by atoms with Crippen molar-refractivity contribution in [2.75, 3.05) is 7.11 Å². The fourth-order valence-corrected chi connectivity index (χ4v) is 2.25. The van der Waals surface area contributed by atoms with Gasteiger partial charge in [-0.15, -0.1) is 0 Å². The molecule has 19 heavy (non-hydrogen) atoms. The van der Waals surface area contributed by atoms with E-state index in [1.807, 2.05) is 0 Å². The smallest absolute Gasteiger partial charge is 0.270 e. The van der Waals surface area contributed by atoms with Crippen LogP contribution in [0.5, 0.6) is 5.75 Å². The highest BCUT2D eigenvalue weighted by atomic mass is 16.6. The molecule has 2 rings (SSSR count). The van der Waals surface area contributed by atoms with Crippen molar-refractivity contribution < 1.29 is 9.66 Å². The molecule has 0 aromatic heterocycles. The number of allylic oxidation sites excluding steroid dienone is 1. The molecule has 0 fully saturated rings. The van der Waals surface area contributed by atoms with Crippen LogP contribution < -0.4 is 10.1 Å². The van der Waals surface area contributed by atoms with Crippen LogP contribution in [0.15, 0.2) is 30.4 Å². The number of ether oxygens (including phenoxy) is 1. The van der Waals surface area contributed by atoms with Gasteiger partial charge in [0.25, 0.3) is 5.69 Å². The Hall–Kier alpha value is -1.88. The molecule has 0 amide bonds. The number of nitro benzene ring substituents is 1. The van der Waals surface area contributed by atoms with Crippen molar-refractivity contribution in [1.82, 2.24) is 5.32 Å². The van der Waals surface area contributed by atoms with Gasteiger partial charge in [-0.05, 0) is 25.3 Å². The zero-order valence-corrected chi connectivity index (χ0v) is 11.0. The van der Waals surface area contributed by atoms with Gasteiger partial charge in [-0.1, -0.05) is 12.2 Å². The highest BCUT2D eigenvalue weighted by Gasteiger charge is 2.14. The summed E-state index contributed by atoms with van der Waals surface area (Å²) < 4.78 is 5.24. The van der Waals surface area contributed by atoms with Gasteiger partial charge in [0, 0.05) is 30.3 Å². The zero-order chi connectivity index (χ0) is 13.7. The molecule has 0 aliphatic heterocycles. The minimum Gasteiger partial charge on any atom is -0.496 e. The Kier molecular flexibility index (Phi) is 4.52. The minimum atomic E-state index is -0.383. The molecule has 1 aromatic carbocycles. The summed E-state index contributed by atoms with van der Waals surface area (Å²) in [5, 5.41) is 14.2. The average molecular weight is 262 g/mol. The number of nitrogens with one attached hydrogen (secondary N) is 1. The van der Waals surface area contributed by atoms with Gasteiger partial charge in [-0.3, -0.25) is 10.1 Å². The number of methoxy groups -OCH3 is 1. The second-order valence-electron chi connectivity index (χ2n) is 4.62. The van der Waals surface area contributed by atoms with Crippen LogP contribution in [0.2, 0.25) is 0 Å². The molecule has 1 unspecified atom stereocenters. The van der Waals surface area contributed by atoms with E-state index in [0.717, 1.165) is 24.8 Å². The molecule has 1 aromatic rings. The summed E-state index contributed by atoms with van der Waals surface area (Å²) in [5.74, 6) is 0.685. The lowest BCUT2D eigenvalue weighted by Gasteiger charge is -2.20. The first-order valence-electron chi connectivity index (χ1n) is 6.40. The molecule has 102 valence electrons. The molecule has 0 saturated heterocycles. The largest absolute Gasteiger partial charge is 0.496 e. The van der Waals surface area contributed by atoms with Crippen LogP contribution in [-0.2, 0) is 6.54 Å². The summed E-state index contributed by atoms with van der Waals surface area (Å²) in [7, 11) is 1.58. The number of hydrogen-bond donors (Lipinski definition) is 1. The molecule has 1 N–H and O–H groups in total. The number of benzene rings is 1.